The Kier molecular flexibility index (Phi) is 5.08. The van der Waals surface area contributed by atoms with E-state index in [1.807, 2.05) is 19.1 Å². The highest BCUT2D eigenvalue weighted by atomic mass is 16.5. The van der Waals surface area contributed by atoms with Crippen molar-refractivity contribution in [1.82, 2.24) is 10.4 Å². The molecule has 1 N–H and O–H groups in total. The fourth-order valence-electron chi connectivity index (χ4n) is 1.80. The molecule has 1 aromatic carbocycles. The van der Waals surface area contributed by atoms with Gasteiger partial charge in [-0.2, -0.15) is 5.10 Å². The van der Waals surface area contributed by atoms with Gasteiger partial charge in [-0.25, -0.2) is 5.43 Å². The van der Waals surface area contributed by atoms with Gasteiger partial charge >= 0.3 is 0 Å². The number of ether oxygens (including phenoxy) is 2. The van der Waals surface area contributed by atoms with Crippen LogP contribution >= 0.6 is 0 Å². The van der Waals surface area contributed by atoms with E-state index in [-0.39, 0.29) is 5.91 Å². The number of rotatable bonds is 5. The van der Waals surface area contributed by atoms with Crippen LogP contribution < -0.4 is 14.9 Å². The normalized spacial score (nSPS) is 11.0. The van der Waals surface area contributed by atoms with Gasteiger partial charge in [0.15, 0.2) is 0 Å². The first-order valence-corrected chi connectivity index (χ1v) is 6.62. The molecule has 6 heteroatoms. The van der Waals surface area contributed by atoms with Crippen molar-refractivity contribution in [3.8, 4) is 11.5 Å². The molecule has 2 rings (SSSR count). The lowest BCUT2D eigenvalue weighted by atomic mass is 10.2. The number of nitrogens with one attached hydrogen (secondary N) is 1. The van der Waals surface area contributed by atoms with Crippen LogP contribution in [0.2, 0.25) is 0 Å². The third-order valence-corrected chi connectivity index (χ3v) is 3.04. The highest BCUT2D eigenvalue weighted by Gasteiger charge is 2.09. The van der Waals surface area contributed by atoms with Gasteiger partial charge in [-0.3, -0.25) is 9.78 Å². The number of pyridine rings is 1. The highest BCUT2D eigenvalue weighted by molar-refractivity contribution is 6.00. The zero-order valence-electron chi connectivity index (χ0n) is 12.7. The number of carbonyl (C=O) groups is 1. The summed E-state index contributed by atoms with van der Waals surface area (Å²) in [6.45, 7) is 1.81. The second kappa shape index (κ2) is 7.21. The Bertz CT molecular complexity index is 662. The first kappa shape index (κ1) is 15.5. The maximum Gasteiger partial charge on any atom is 0.271 e. The maximum absolute atomic E-state index is 12.2. The molecule has 0 radical (unpaired) electrons. The highest BCUT2D eigenvalue weighted by Crippen LogP contribution is 2.22. The molecule has 0 aliphatic rings. The Labute approximate surface area is 128 Å². The number of amides is 1. The standard InChI is InChI=1S/C16H17N3O3/c1-11(12-4-6-17-7-5-12)18-19-16(20)13-8-14(21-2)10-15(9-13)22-3/h4-10H,1-3H3,(H,19,20)/b18-11+. The largest absolute Gasteiger partial charge is 0.497 e. The van der Waals surface area contributed by atoms with Crippen molar-refractivity contribution >= 4 is 11.6 Å². The molecule has 114 valence electrons. The second-order valence-corrected chi connectivity index (χ2v) is 4.48. The zero-order valence-corrected chi connectivity index (χ0v) is 12.7. The van der Waals surface area contributed by atoms with Gasteiger partial charge in [0.1, 0.15) is 11.5 Å². The van der Waals surface area contributed by atoms with Crippen molar-refractivity contribution < 1.29 is 14.3 Å². The summed E-state index contributed by atoms with van der Waals surface area (Å²) < 4.78 is 10.3. The number of carbonyl (C=O) groups excluding carboxylic acids is 1. The number of hydrogen-bond donors (Lipinski definition) is 1. The van der Waals surface area contributed by atoms with E-state index in [4.69, 9.17) is 9.47 Å². The van der Waals surface area contributed by atoms with E-state index in [1.54, 1.807) is 30.6 Å². The molecule has 0 spiro atoms. The summed E-state index contributed by atoms with van der Waals surface area (Å²) in [5, 5.41) is 4.09. The van der Waals surface area contributed by atoms with Crippen LogP contribution in [0.1, 0.15) is 22.8 Å². The second-order valence-electron chi connectivity index (χ2n) is 4.48. The molecule has 0 bridgehead atoms. The van der Waals surface area contributed by atoms with Gasteiger partial charge in [0, 0.05) is 29.6 Å². The molecule has 0 atom stereocenters. The van der Waals surface area contributed by atoms with E-state index in [2.05, 4.69) is 15.5 Å². The summed E-state index contributed by atoms with van der Waals surface area (Å²) in [7, 11) is 3.06. The van der Waals surface area contributed by atoms with Crippen LogP contribution in [-0.2, 0) is 0 Å². The van der Waals surface area contributed by atoms with Gasteiger partial charge < -0.3 is 9.47 Å². The van der Waals surface area contributed by atoms with Crippen LogP contribution in [0.3, 0.4) is 0 Å². The topological polar surface area (TPSA) is 72.8 Å². The third kappa shape index (κ3) is 3.82. The van der Waals surface area contributed by atoms with Crippen molar-refractivity contribution in [3.63, 3.8) is 0 Å². The van der Waals surface area contributed by atoms with Crippen LogP contribution in [0.4, 0.5) is 0 Å². The van der Waals surface area contributed by atoms with Gasteiger partial charge in [-0.05, 0) is 31.2 Å². The number of aromatic nitrogens is 1. The summed E-state index contributed by atoms with van der Waals surface area (Å²) in [6, 6.07) is 8.58. The quantitative estimate of drug-likeness (QED) is 0.679. The number of hydrogen-bond acceptors (Lipinski definition) is 5. The van der Waals surface area contributed by atoms with E-state index in [1.165, 1.54) is 14.2 Å². The minimum atomic E-state index is -0.342. The fourth-order valence-corrected chi connectivity index (χ4v) is 1.80. The monoisotopic (exact) mass is 299 g/mol. The number of methoxy groups -OCH3 is 2. The molecule has 0 saturated carbocycles. The van der Waals surface area contributed by atoms with Crippen molar-refractivity contribution in [2.75, 3.05) is 14.2 Å². The first-order valence-electron chi connectivity index (χ1n) is 6.62. The van der Waals surface area contributed by atoms with Gasteiger partial charge in [0.2, 0.25) is 0 Å². The SMILES string of the molecule is COc1cc(OC)cc(C(=O)N/N=C(\C)c2ccncc2)c1. The van der Waals surface area contributed by atoms with Crippen LogP contribution in [0.25, 0.3) is 0 Å². The Morgan fingerprint density at radius 1 is 1.05 bits per heavy atom. The lowest BCUT2D eigenvalue weighted by molar-refractivity contribution is 0.0954. The molecule has 0 aliphatic carbocycles. The minimum Gasteiger partial charge on any atom is -0.497 e. The third-order valence-electron chi connectivity index (χ3n) is 3.04. The minimum absolute atomic E-state index is 0.342. The molecular weight excluding hydrogens is 282 g/mol. The average Bonchev–Trinajstić information content (AvgIpc) is 2.59. The predicted octanol–water partition coefficient (Wildman–Crippen LogP) is 2.25. The summed E-state index contributed by atoms with van der Waals surface area (Å²) in [5.41, 5.74) is 4.50. The molecular formula is C16H17N3O3. The predicted molar refractivity (Wildman–Crippen MR) is 83.5 cm³/mol. The maximum atomic E-state index is 12.2. The van der Waals surface area contributed by atoms with Gasteiger partial charge in [-0.15, -0.1) is 0 Å². The molecule has 0 unspecified atom stereocenters. The van der Waals surface area contributed by atoms with Crippen molar-refractivity contribution in [2.24, 2.45) is 5.10 Å². The molecule has 22 heavy (non-hydrogen) atoms. The number of benzene rings is 1. The van der Waals surface area contributed by atoms with E-state index in [0.717, 1.165) is 5.56 Å². The summed E-state index contributed by atoms with van der Waals surface area (Å²) in [4.78, 5) is 16.1. The van der Waals surface area contributed by atoms with Crippen LogP contribution in [0.5, 0.6) is 11.5 Å². The summed E-state index contributed by atoms with van der Waals surface area (Å²) in [5.74, 6) is 0.740. The number of nitrogens with zero attached hydrogens (tertiary/aromatic N) is 2. The van der Waals surface area contributed by atoms with Gasteiger partial charge in [-0.1, -0.05) is 0 Å². The van der Waals surface area contributed by atoms with Gasteiger partial charge in [0.05, 0.1) is 19.9 Å². The smallest absolute Gasteiger partial charge is 0.271 e. The first-order chi connectivity index (χ1) is 10.6. The molecule has 0 fully saturated rings. The Morgan fingerprint density at radius 3 is 2.18 bits per heavy atom. The molecule has 0 aliphatic heterocycles. The van der Waals surface area contributed by atoms with Crippen molar-refractivity contribution in [3.05, 3.63) is 53.9 Å². The Balaban J connectivity index is 2.15. The lowest BCUT2D eigenvalue weighted by Crippen LogP contribution is -2.19. The van der Waals surface area contributed by atoms with Gasteiger partial charge in [0.25, 0.3) is 5.91 Å². The van der Waals surface area contributed by atoms with E-state index >= 15 is 0 Å². The van der Waals surface area contributed by atoms with Crippen LogP contribution in [-0.4, -0.2) is 30.8 Å². The van der Waals surface area contributed by atoms with Crippen LogP contribution in [0, 0.1) is 0 Å². The zero-order chi connectivity index (χ0) is 15.9. The molecule has 6 nitrogen and oxygen atoms in total. The molecule has 2 aromatic rings. The lowest BCUT2D eigenvalue weighted by Gasteiger charge is -2.08. The molecule has 1 aromatic heterocycles. The van der Waals surface area contributed by atoms with Crippen molar-refractivity contribution in [2.45, 2.75) is 6.92 Å². The number of hydrazone groups is 1. The summed E-state index contributed by atoms with van der Waals surface area (Å²) >= 11 is 0. The molecule has 1 heterocycles. The van der Waals surface area contributed by atoms with E-state index in [0.29, 0.717) is 22.8 Å². The van der Waals surface area contributed by atoms with E-state index in [9.17, 15) is 4.79 Å². The van der Waals surface area contributed by atoms with E-state index < -0.39 is 0 Å². The Hall–Kier alpha value is -2.89. The summed E-state index contributed by atoms with van der Waals surface area (Å²) in [6.07, 6.45) is 3.34. The molecule has 0 saturated heterocycles. The average molecular weight is 299 g/mol. The molecule has 1 amide bonds. The Morgan fingerprint density at radius 2 is 1.64 bits per heavy atom. The van der Waals surface area contributed by atoms with Crippen molar-refractivity contribution in [1.29, 1.82) is 0 Å². The van der Waals surface area contributed by atoms with Crippen LogP contribution in [0.15, 0.2) is 47.8 Å². The fraction of sp³-hybridized carbons (Fsp3) is 0.188.